The molecule has 0 unspecified atom stereocenters. The Balaban J connectivity index is 1.97. The van der Waals surface area contributed by atoms with E-state index in [-0.39, 0.29) is 0 Å². The second-order valence-corrected chi connectivity index (χ2v) is 7.02. The average molecular weight is 351 g/mol. The molecule has 128 valence electrons. The minimum atomic E-state index is 0.784. The number of nitrogens with one attached hydrogen (secondary N) is 1. The van der Waals surface area contributed by atoms with Crippen LogP contribution in [0.1, 0.15) is 10.4 Å². The van der Waals surface area contributed by atoms with Crippen molar-refractivity contribution in [2.24, 2.45) is 0 Å². The molecule has 0 atom stereocenters. The van der Waals surface area contributed by atoms with E-state index in [0.29, 0.717) is 0 Å². The molecule has 4 rings (SSSR count). The van der Waals surface area contributed by atoms with E-state index in [9.17, 15) is 4.79 Å². The summed E-state index contributed by atoms with van der Waals surface area (Å²) >= 11 is 1.73. The van der Waals surface area contributed by atoms with Crippen molar-refractivity contribution in [1.82, 2.24) is 9.88 Å². The first-order valence-corrected chi connectivity index (χ1v) is 9.74. The Bertz CT molecular complexity index is 895. The van der Waals surface area contributed by atoms with Crippen LogP contribution in [0, 0.1) is 0 Å². The van der Waals surface area contributed by atoms with Gasteiger partial charge < -0.3 is 10.2 Å². The second-order valence-electron chi connectivity index (χ2n) is 6.14. The van der Waals surface area contributed by atoms with Crippen LogP contribution < -0.4 is 10.2 Å². The average Bonchev–Trinajstić information content (AvgIpc) is 3.03. The van der Waals surface area contributed by atoms with Gasteiger partial charge in [-0.25, -0.2) is 0 Å². The van der Waals surface area contributed by atoms with Crippen LogP contribution >= 0.6 is 11.8 Å². The SMILES string of the molecule is CSc1ccc(-n2c(N3CCNCC3)c(C=O)c3ccccc32)cc1. The number of carbonyl (C=O) groups is 1. The summed E-state index contributed by atoms with van der Waals surface area (Å²) in [6.07, 6.45) is 3.09. The van der Waals surface area contributed by atoms with Gasteiger partial charge in [0.25, 0.3) is 0 Å². The molecule has 1 N–H and O–H groups in total. The van der Waals surface area contributed by atoms with Gasteiger partial charge in [0.15, 0.2) is 6.29 Å². The summed E-state index contributed by atoms with van der Waals surface area (Å²) in [4.78, 5) is 15.5. The van der Waals surface area contributed by atoms with Gasteiger partial charge in [0, 0.05) is 42.1 Å². The standard InChI is InChI=1S/C20H21N3OS/c1-25-16-8-6-15(7-9-16)23-19-5-3-2-4-17(19)18(14-24)20(23)22-12-10-21-11-13-22/h2-9,14,21H,10-13H2,1H3. The molecule has 0 spiro atoms. The lowest BCUT2D eigenvalue weighted by molar-refractivity contribution is 0.112. The molecule has 2 heterocycles. The van der Waals surface area contributed by atoms with Gasteiger partial charge in [0.2, 0.25) is 0 Å². The molecule has 0 radical (unpaired) electrons. The maximum absolute atomic E-state index is 12.0. The fourth-order valence-corrected chi connectivity index (χ4v) is 3.96. The van der Waals surface area contributed by atoms with Crippen LogP contribution in [-0.2, 0) is 0 Å². The highest BCUT2D eigenvalue weighted by molar-refractivity contribution is 7.98. The van der Waals surface area contributed by atoms with Gasteiger partial charge in [-0.15, -0.1) is 11.8 Å². The predicted molar refractivity (Wildman–Crippen MR) is 106 cm³/mol. The zero-order chi connectivity index (χ0) is 17.2. The molecule has 1 fully saturated rings. The first-order valence-electron chi connectivity index (χ1n) is 8.52. The third-order valence-corrected chi connectivity index (χ3v) is 5.50. The molecule has 1 aliphatic heterocycles. The topological polar surface area (TPSA) is 37.3 Å². The molecule has 0 bridgehead atoms. The van der Waals surface area contributed by atoms with Crippen molar-refractivity contribution in [2.45, 2.75) is 4.90 Å². The number of thioether (sulfide) groups is 1. The van der Waals surface area contributed by atoms with Crippen molar-refractivity contribution in [3.63, 3.8) is 0 Å². The summed E-state index contributed by atoms with van der Waals surface area (Å²) in [5.41, 5.74) is 2.96. The number of hydrogen-bond donors (Lipinski definition) is 1. The molecule has 0 saturated carbocycles. The Kier molecular flexibility index (Phi) is 4.51. The first-order chi connectivity index (χ1) is 12.3. The molecule has 0 aliphatic carbocycles. The van der Waals surface area contributed by atoms with Crippen molar-refractivity contribution in [3.05, 3.63) is 54.1 Å². The summed E-state index contributed by atoms with van der Waals surface area (Å²) in [5, 5.41) is 4.40. The smallest absolute Gasteiger partial charge is 0.154 e. The zero-order valence-corrected chi connectivity index (χ0v) is 15.1. The van der Waals surface area contributed by atoms with Crippen LogP contribution in [0.2, 0.25) is 0 Å². The molecule has 1 aromatic heterocycles. The highest BCUT2D eigenvalue weighted by Crippen LogP contribution is 2.35. The largest absolute Gasteiger partial charge is 0.355 e. The van der Waals surface area contributed by atoms with Gasteiger partial charge >= 0.3 is 0 Å². The number of nitrogens with zero attached hydrogens (tertiary/aromatic N) is 2. The first kappa shape index (κ1) is 16.2. The van der Waals surface area contributed by atoms with Gasteiger partial charge in [-0.2, -0.15) is 0 Å². The maximum atomic E-state index is 12.0. The molecule has 5 heteroatoms. The number of rotatable bonds is 4. The van der Waals surface area contributed by atoms with E-state index in [0.717, 1.165) is 60.4 Å². The van der Waals surface area contributed by atoms with E-state index in [4.69, 9.17) is 0 Å². The number of aromatic nitrogens is 1. The third-order valence-electron chi connectivity index (χ3n) is 4.75. The number of carbonyl (C=O) groups excluding carboxylic acids is 1. The summed E-state index contributed by atoms with van der Waals surface area (Å²) in [6, 6.07) is 16.7. The lowest BCUT2D eigenvalue weighted by Gasteiger charge is -2.31. The van der Waals surface area contributed by atoms with Crippen molar-refractivity contribution >= 4 is 34.8 Å². The molecule has 2 aromatic carbocycles. The fourth-order valence-electron chi connectivity index (χ4n) is 3.55. The predicted octanol–water partition coefficient (Wildman–Crippen LogP) is 3.57. The fraction of sp³-hybridized carbons (Fsp3) is 0.250. The molecule has 1 aliphatic rings. The number of aldehydes is 1. The van der Waals surface area contributed by atoms with Crippen molar-refractivity contribution in [3.8, 4) is 5.69 Å². The molecule has 25 heavy (non-hydrogen) atoms. The van der Waals surface area contributed by atoms with Crippen LogP contribution in [0.5, 0.6) is 0 Å². The van der Waals surface area contributed by atoms with Crippen LogP contribution in [0.3, 0.4) is 0 Å². The Morgan fingerprint density at radius 3 is 2.44 bits per heavy atom. The lowest BCUT2D eigenvalue weighted by Crippen LogP contribution is -2.44. The minimum Gasteiger partial charge on any atom is -0.355 e. The van der Waals surface area contributed by atoms with Gasteiger partial charge in [0.05, 0.1) is 11.1 Å². The van der Waals surface area contributed by atoms with E-state index in [1.54, 1.807) is 11.8 Å². The Morgan fingerprint density at radius 1 is 1.04 bits per heavy atom. The Labute approximate surface area is 151 Å². The third kappa shape index (κ3) is 2.83. The number of fused-ring (bicyclic) bond motifs is 1. The number of anilines is 1. The molecule has 1 saturated heterocycles. The minimum absolute atomic E-state index is 0.784. The van der Waals surface area contributed by atoms with Crippen LogP contribution in [0.4, 0.5) is 5.82 Å². The molecular formula is C20H21N3OS. The second kappa shape index (κ2) is 6.94. The maximum Gasteiger partial charge on any atom is 0.154 e. The summed E-state index contributed by atoms with van der Waals surface area (Å²) in [5.74, 6) is 1.01. The summed E-state index contributed by atoms with van der Waals surface area (Å²) in [6.45, 7) is 3.68. The van der Waals surface area contributed by atoms with E-state index in [1.807, 2.05) is 18.2 Å². The number of benzene rings is 2. The number of hydrogen-bond acceptors (Lipinski definition) is 4. The number of piperazine rings is 1. The Morgan fingerprint density at radius 2 is 1.76 bits per heavy atom. The molecule has 4 nitrogen and oxygen atoms in total. The highest BCUT2D eigenvalue weighted by atomic mass is 32.2. The number of para-hydroxylation sites is 1. The van der Waals surface area contributed by atoms with Crippen LogP contribution in [0.25, 0.3) is 16.6 Å². The normalized spacial score (nSPS) is 14.8. The zero-order valence-electron chi connectivity index (χ0n) is 14.2. The molecule has 3 aromatic rings. The van der Waals surface area contributed by atoms with Gasteiger partial charge in [-0.1, -0.05) is 18.2 Å². The van der Waals surface area contributed by atoms with Crippen molar-refractivity contribution in [1.29, 1.82) is 0 Å². The van der Waals surface area contributed by atoms with E-state index in [1.165, 1.54) is 4.90 Å². The molecular weight excluding hydrogens is 330 g/mol. The van der Waals surface area contributed by atoms with Crippen LogP contribution in [-0.4, -0.2) is 43.3 Å². The van der Waals surface area contributed by atoms with Crippen LogP contribution in [0.15, 0.2) is 53.4 Å². The highest BCUT2D eigenvalue weighted by Gasteiger charge is 2.23. The Hall–Kier alpha value is -2.24. The summed E-state index contributed by atoms with van der Waals surface area (Å²) in [7, 11) is 0. The van der Waals surface area contributed by atoms with Gasteiger partial charge in [-0.3, -0.25) is 9.36 Å². The van der Waals surface area contributed by atoms with E-state index >= 15 is 0 Å². The van der Waals surface area contributed by atoms with Crippen molar-refractivity contribution in [2.75, 3.05) is 37.3 Å². The van der Waals surface area contributed by atoms with E-state index < -0.39 is 0 Å². The summed E-state index contributed by atoms with van der Waals surface area (Å²) < 4.78 is 2.23. The monoisotopic (exact) mass is 351 g/mol. The van der Waals surface area contributed by atoms with E-state index in [2.05, 4.69) is 51.4 Å². The quantitative estimate of drug-likeness (QED) is 0.576. The lowest BCUT2D eigenvalue weighted by atomic mass is 10.2. The molecule has 0 amide bonds. The van der Waals surface area contributed by atoms with Gasteiger partial charge in [-0.05, 0) is 36.6 Å². The van der Waals surface area contributed by atoms with Crippen molar-refractivity contribution < 1.29 is 4.79 Å². The van der Waals surface area contributed by atoms with Gasteiger partial charge in [0.1, 0.15) is 5.82 Å².